The number of rotatable bonds is 5. The summed E-state index contributed by atoms with van der Waals surface area (Å²) in [6.07, 6.45) is 0. The molecule has 1 aliphatic rings. The molecule has 4 rings (SSSR count). The number of aliphatic hydroxyl groups excluding tert-OH is 1. The number of Topliss-reactive ketones (excluding diaryl/α,β-unsaturated/α-hetero) is 1. The van der Waals surface area contributed by atoms with Gasteiger partial charge in [0.25, 0.3) is 5.78 Å². The summed E-state index contributed by atoms with van der Waals surface area (Å²) in [5.41, 5.74) is 2.37. The third-order valence-electron chi connectivity index (χ3n) is 5.84. The SMILES string of the molecule is COC(=O)c1sc(N2C(=O)C(=O)/C(=C(\O)c3ccc(Cl)cc3)C2c2ccc(C(C)C)cc2)nc1C. The fourth-order valence-corrected chi connectivity index (χ4v) is 5.08. The van der Waals surface area contributed by atoms with Gasteiger partial charge in [0.2, 0.25) is 0 Å². The van der Waals surface area contributed by atoms with E-state index in [1.54, 1.807) is 31.2 Å². The minimum atomic E-state index is -0.942. The van der Waals surface area contributed by atoms with E-state index >= 15 is 0 Å². The lowest BCUT2D eigenvalue weighted by Crippen LogP contribution is -2.29. The molecule has 1 aromatic heterocycles. The summed E-state index contributed by atoms with van der Waals surface area (Å²) in [5, 5.41) is 11.8. The summed E-state index contributed by atoms with van der Waals surface area (Å²) in [7, 11) is 1.26. The Bertz CT molecular complexity index is 1340. The number of hydrogen-bond donors (Lipinski definition) is 1. The number of hydrogen-bond acceptors (Lipinski definition) is 7. The smallest absolute Gasteiger partial charge is 0.350 e. The molecule has 35 heavy (non-hydrogen) atoms. The maximum atomic E-state index is 13.3. The molecular weight excluding hydrogens is 488 g/mol. The predicted octanol–water partition coefficient (Wildman–Crippen LogP) is 5.64. The van der Waals surface area contributed by atoms with Crippen molar-refractivity contribution in [3.05, 3.63) is 86.4 Å². The van der Waals surface area contributed by atoms with Crippen LogP contribution in [0, 0.1) is 6.92 Å². The van der Waals surface area contributed by atoms with Gasteiger partial charge in [-0.2, -0.15) is 0 Å². The van der Waals surface area contributed by atoms with Gasteiger partial charge in [-0.1, -0.05) is 61.1 Å². The summed E-state index contributed by atoms with van der Waals surface area (Å²) in [6, 6.07) is 12.9. The van der Waals surface area contributed by atoms with Crippen LogP contribution in [0.4, 0.5) is 5.13 Å². The van der Waals surface area contributed by atoms with Crippen molar-refractivity contribution >= 4 is 51.5 Å². The Kier molecular flexibility index (Phi) is 6.78. The molecule has 1 aliphatic heterocycles. The number of ether oxygens (including phenoxy) is 1. The van der Waals surface area contributed by atoms with Crippen LogP contribution in [0.2, 0.25) is 5.02 Å². The van der Waals surface area contributed by atoms with Crippen molar-refractivity contribution in [2.45, 2.75) is 32.7 Å². The molecule has 0 bridgehead atoms. The lowest BCUT2D eigenvalue weighted by molar-refractivity contribution is -0.132. The van der Waals surface area contributed by atoms with Gasteiger partial charge in [0.05, 0.1) is 24.4 Å². The number of aromatic nitrogens is 1. The van der Waals surface area contributed by atoms with Crippen molar-refractivity contribution < 1.29 is 24.2 Å². The molecule has 1 atom stereocenters. The zero-order valence-corrected chi connectivity index (χ0v) is 21.1. The van der Waals surface area contributed by atoms with Crippen LogP contribution < -0.4 is 4.90 Å². The molecule has 9 heteroatoms. The number of ketones is 1. The molecule has 2 aromatic carbocycles. The number of thiazole rings is 1. The number of amides is 1. The monoisotopic (exact) mass is 510 g/mol. The first-order chi connectivity index (χ1) is 16.6. The third kappa shape index (κ3) is 4.47. The van der Waals surface area contributed by atoms with Crippen LogP contribution >= 0.6 is 22.9 Å². The second-order valence-corrected chi connectivity index (χ2v) is 9.81. The molecule has 7 nitrogen and oxygen atoms in total. The number of halogens is 1. The summed E-state index contributed by atoms with van der Waals surface area (Å²) >= 11 is 6.94. The van der Waals surface area contributed by atoms with E-state index in [-0.39, 0.29) is 27.3 Å². The van der Waals surface area contributed by atoms with Crippen LogP contribution in [-0.4, -0.2) is 34.9 Å². The van der Waals surface area contributed by atoms with Crippen molar-refractivity contribution in [2.75, 3.05) is 12.0 Å². The largest absolute Gasteiger partial charge is 0.507 e. The Morgan fingerprint density at radius 2 is 1.74 bits per heavy atom. The van der Waals surface area contributed by atoms with E-state index in [0.29, 0.717) is 21.8 Å². The van der Waals surface area contributed by atoms with Gasteiger partial charge in [-0.05, 0) is 48.2 Å². The van der Waals surface area contributed by atoms with Crippen LogP contribution in [0.1, 0.15) is 57.9 Å². The molecule has 2 heterocycles. The fraction of sp³-hybridized carbons (Fsp3) is 0.231. The van der Waals surface area contributed by atoms with E-state index in [1.165, 1.54) is 12.0 Å². The number of benzene rings is 2. The first-order valence-corrected chi connectivity index (χ1v) is 12.1. The van der Waals surface area contributed by atoms with Crippen LogP contribution in [0.3, 0.4) is 0 Å². The highest BCUT2D eigenvalue weighted by Crippen LogP contribution is 2.44. The fourth-order valence-electron chi connectivity index (χ4n) is 3.94. The molecular formula is C26H23ClN2O5S. The normalized spacial score (nSPS) is 17.3. The predicted molar refractivity (Wildman–Crippen MR) is 135 cm³/mol. The van der Waals surface area contributed by atoms with E-state index < -0.39 is 23.7 Å². The van der Waals surface area contributed by atoms with Gasteiger partial charge in [-0.25, -0.2) is 9.78 Å². The first kappa shape index (κ1) is 24.6. The van der Waals surface area contributed by atoms with Gasteiger partial charge in [-0.3, -0.25) is 14.5 Å². The zero-order valence-electron chi connectivity index (χ0n) is 19.5. The highest BCUT2D eigenvalue weighted by Gasteiger charge is 2.48. The van der Waals surface area contributed by atoms with Crippen LogP contribution in [0.15, 0.2) is 54.1 Å². The lowest BCUT2D eigenvalue weighted by Gasteiger charge is -2.23. The number of aliphatic hydroxyl groups is 1. The molecule has 180 valence electrons. The maximum Gasteiger partial charge on any atom is 0.350 e. The van der Waals surface area contributed by atoms with Crippen LogP contribution in [0.25, 0.3) is 5.76 Å². The van der Waals surface area contributed by atoms with Gasteiger partial charge < -0.3 is 9.84 Å². The second kappa shape index (κ2) is 9.64. The van der Waals surface area contributed by atoms with Gasteiger partial charge >= 0.3 is 11.9 Å². The molecule has 1 N–H and O–H groups in total. The van der Waals surface area contributed by atoms with Crippen molar-refractivity contribution in [3.63, 3.8) is 0 Å². The Morgan fingerprint density at radius 1 is 1.11 bits per heavy atom. The topological polar surface area (TPSA) is 96.8 Å². The van der Waals surface area contributed by atoms with Crippen molar-refractivity contribution in [3.8, 4) is 0 Å². The summed E-state index contributed by atoms with van der Waals surface area (Å²) in [5.74, 6) is -2.30. The maximum absolute atomic E-state index is 13.3. The minimum absolute atomic E-state index is 0.0675. The third-order valence-corrected chi connectivity index (χ3v) is 7.23. The molecule has 1 amide bonds. The highest BCUT2D eigenvalue weighted by atomic mass is 35.5. The zero-order chi connectivity index (χ0) is 25.4. The van der Waals surface area contributed by atoms with Crippen molar-refractivity contribution in [1.82, 2.24) is 4.98 Å². The van der Waals surface area contributed by atoms with Crippen molar-refractivity contribution in [2.24, 2.45) is 0 Å². The van der Waals surface area contributed by atoms with Crippen molar-refractivity contribution in [1.29, 1.82) is 0 Å². The number of methoxy groups -OCH3 is 1. The Morgan fingerprint density at radius 3 is 2.31 bits per heavy atom. The lowest BCUT2D eigenvalue weighted by atomic mass is 9.93. The quantitative estimate of drug-likeness (QED) is 0.206. The number of carbonyl (C=O) groups is 3. The van der Waals surface area contributed by atoms with Crippen LogP contribution in [0.5, 0.6) is 0 Å². The number of carbonyl (C=O) groups excluding carboxylic acids is 3. The summed E-state index contributed by atoms with van der Waals surface area (Å²) < 4.78 is 4.82. The molecule has 1 saturated heterocycles. The minimum Gasteiger partial charge on any atom is -0.507 e. The number of anilines is 1. The molecule has 0 saturated carbocycles. The molecule has 3 aromatic rings. The molecule has 1 fully saturated rings. The van der Waals surface area contributed by atoms with Gasteiger partial charge in [0.1, 0.15) is 10.6 Å². The Hall–Kier alpha value is -3.49. The molecule has 0 aliphatic carbocycles. The average Bonchev–Trinajstić information content (AvgIpc) is 3.35. The summed E-state index contributed by atoms with van der Waals surface area (Å²) in [4.78, 5) is 44.6. The molecule has 0 spiro atoms. The van der Waals surface area contributed by atoms with E-state index in [1.807, 2.05) is 24.3 Å². The van der Waals surface area contributed by atoms with Gasteiger partial charge in [0, 0.05) is 10.6 Å². The van der Waals surface area contributed by atoms with E-state index in [4.69, 9.17) is 16.3 Å². The van der Waals surface area contributed by atoms with E-state index in [0.717, 1.165) is 16.9 Å². The molecule has 0 radical (unpaired) electrons. The number of nitrogens with zero attached hydrogens (tertiary/aromatic N) is 2. The average molecular weight is 511 g/mol. The Balaban J connectivity index is 1.92. The summed E-state index contributed by atoms with van der Waals surface area (Å²) in [6.45, 7) is 5.76. The second-order valence-electron chi connectivity index (χ2n) is 8.40. The van der Waals surface area contributed by atoms with E-state index in [2.05, 4.69) is 18.8 Å². The standard InChI is InChI=1S/C26H23ClN2O5S/c1-13(2)15-5-7-16(8-6-15)20-19(21(30)17-9-11-18(27)12-10-17)22(31)24(32)29(20)26-28-14(3)23(35-26)25(33)34-4/h5-13,20,30H,1-4H3/b21-19-. The van der Waals surface area contributed by atoms with Crippen LogP contribution in [-0.2, 0) is 14.3 Å². The van der Waals surface area contributed by atoms with E-state index in [9.17, 15) is 19.5 Å². The number of aryl methyl sites for hydroxylation is 1. The van der Waals surface area contributed by atoms with Gasteiger partial charge in [-0.15, -0.1) is 0 Å². The Labute approximate surface area is 211 Å². The number of esters is 1. The van der Waals surface area contributed by atoms with Gasteiger partial charge in [0.15, 0.2) is 5.13 Å². The first-order valence-electron chi connectivity index (χ1n) is 10.9. The highest BCUT2D eigenvalue weighted by molar-refractivity contribution is 7.17. The molecule has 1 unspecified atom stereocenters.